The Hall–Kier alpha value is -2.23. The van der Waals surface area contributed by atoms with E-state index >= 15 is 0 Å². The number of anilines is 1. The van der Waals surface area contributed by atoms with Crippen molar-refractivity contribution in [3.8, 4) is 0 Å². The molecule has 152 valence electrons. The van der Waals surface area contributed by atoms with E-state index in [0.717, 1.165) is 22.6 Å². The highest BCUT2D eigenvalue weighted by molar-refractivity contribution is 7.88. The minimum Gasteiger partial charge on any atom is -0.322 e. The molecule has 1 aromatic carbocycles. The first kappa shape index (κ1) is 20.5. The van der Waals surface area contributed by atoms with Gasteiger partial charge in [0.15, 0.2) is 0 Å². The van der Waals surface area contributed by atoms with E-state index in [-0.39, 0.29) is 18.2 Å². The van der Waals surface area contributed by atoms with Crippen LogP contribution in [0.3, 0.4) is 0 Å². The van der Waals surface area contributed by atoms with E-state index in [2.05, 4.69) is 10.4 Å². The number of sulfonamides is 1. The lowest BCUT2D eigenvalue weighted by Gasteiger charge is -2.33. The second-order valence-corrected chi connectivity index (χ2v) is 9.10. The molecule has 0 aliphatic carbocycles. The fraction of sp³-hybridized carbons (Fsp3) is 0.474. The zero-order valence-electron chi connectivity index (χ0n) is 16.6. The van der Waals surface area contributed by atoms with Gasteiger partial charge in [-0.15, -0.1) is 0 Å². The van der Waals surface area contributed by atoms with E-state index in [9.17, 15) is 13.2 Å². The molecule has 1 N–H and O–H groups in total. The molecule has 1 aliphatic heterocycles. The molecular weight excluding hydrogens is 378 g/mol. The molecule has 8 nitrogen and oxygen atoms in total. The lowest BCUT2D eigenvalue weighted by atomic mass is 10.2. The molecule has 2 heterocycles. The minimum atomic E-state index is -3.35. The summed E-state index contributed by atoms with van der Waals surface area (Å²) in [4.78, 5) is 14.4. The summed E-state index contributed by atoms with van der Waals surface area (Å²) in [5.41, 5.74) is 3.22. The molecule has 0 spiro atoms. The maximum absolute atomic E-state index is 12.6. The Labute approximate surface area is 166 Å². The van der Waals surface area contributed by atoms with Crippen molar-refractivity contribution in [1.82, 2.24) is 19.0 Å². The first-order chi connectivity index (χ1) is 13.3. The van der Waals surface area contributed by atoms with Gasteiger partial charge in [-0.3, -0.25) is 14.4 Å². The highest BCUT2D eigenvalue weighted by Crippen LogP contribution is 2.18. The summed E-state index contributed by atoms with van der Waals surface area (Å²) < 4.78 is 28.5. The highest BCUT2D eigenvalue weighted by Gasteiger charge is 2.28. The number of hydrogen-bond acceptors (Lipinski definition) is 5. The zero-order chi connectivity index (χ0) is 20.3. The number of rotatable bonds is 6. The van der Waals surface area contributed by atoms with Crippen LogP contribution in [0.25, 0.3) is 0 Å². The molecule has 0 radical (unpaired) electrons. The summed E-state index contributed by atoms with van der Waals surface area (Å²) in [6.07, 6.45) is 0. The quantitative estimate of drug-likeness (QED) is 0.778. The standard InChI is InChI=1S/C19H27N5O3S/c1-15-19(16(2)22(3)21-15)20-18(25)13-23-9-11-24(12-10-23)28(26,27)14-17-7-5-4-6-8-17/h4-8H,9-14H2,1-3H3,(H,20,25). The van der Waals surface area contributed by atoms with Crippen LogP contribution in [0.2, 0.25) is 0 Å². The van der Waals surface area contributed by atoms with E-state index in [0.29, 0.717) is 26.2 Å². The number of carbonyl (C=O) groups is 1. The van der Waals surface area contributed by atoms with Crippen molar-refractivity contribution in [2.75, 3.05) is 38.0 Å². The summed E-state index contributed by atoms with van der Waals surface area (Å²) in [6, 6.07) is 9.19. The van der Waals surface area contributed by atoms with Crippen molar-refractivity contribution in [3.63, 3.8) is 0 Å². The lowest BCUT2D eigenvalue weighted by molar-refractivity contribution is -0.117. The molecule has 1 aliphatic rings. The zero-order valence-corrected chi connectivity index (χ0v) is 17.4. The predicted molar refractivity (Wildman–Crippen MR) is 108 cm³/mol. The number of nitrogens with one attached hydrogen (secondary N) is 1. The Bertz CT molecular complexity index is 932. The summed E-state index contributed by atoms with van der Waals surface area (Å²) in [5, 5.41) is 7.22. The van der Waals surface area contributed by atoms with Gasteiger partial charge in [0, 0.05) is 33.2 Å². The predicted octanol–water partition coefficient (Wildman–Crippen LogP) is 1.12. The third-order valence-electron chi connectivity index (χ3n) is 5.06. The van der Waals surface area contributed by atoms with Gasteiger partial charge >= 0.3 is 0 Å². The monoisotopic (exact) mass is 405 g/mol. The summed E-state index contributed by atoms with van der Waals surface area (Å²) in [5.74, 6) is -0.103. The number of hydrogen-bond donors (Lipinski definition) is 1. The third kappa shape index (κ3) is 4.78. The highest BCUT2D eigenvalue weighted by atomic mass is 32.2. The Balaban J connectivity index is 1.51. The molecule has 0 atom stereocenters. The van der Waals surface area contributed by atoms with Crippen LogP contribution in [0, 0.1) is 13.8 Å². The van der Waals surface area contributed by atoms with Gasteiger partial charge < -0.3 is 5.32 Å². The Morgan fingerprint density at radius 3 is 2.32 bits per heavy atom. The van der Waals surface area contributed by atoms with Crippen LogP contribution in [0.5, 0.6) is 0 Å². The number of piperazine rings is 1. The summed E-state index contributed by atoms with van der Waals surface area (Å²) >= 11 is 0. The van der Waals surface area contributed by atoms with E-state index in [1.54, 1.807) is 4.68 Å². The molecule has 1 saturated heterocycles. The van der Waals surface area contributed by atoms with Crippen LogP contribution in [-0.4, -0.2) is 66.0 Å². The Kier molecular flexibility index (Phi) is 6.17. The molecule has 0 unspecified atom stereocenters. The fourth-order valence-electron chi connectivity index (χ4n) is 3.38. The van der Waals surface area contributed by atoms with E-state index < -0.39 is 10.0 Å². The number of amides is 1. The average Bonchev–Trinajstić information content (AvgIpc) is 2.89. The number of nitrogens with zero attached hydrogens (tertiary/aromatic N) is 4. The van der Waals surface area contributed by atoms with Gasteiger partial charge in [-0.05, 0) is 19.4 Å². The molecule has 1 amide bonds. The van der Waals surface area contributed by atoms with Crippen molar-refractivity contribution in [2.24, 2.45) is 7.05 Å². The van der Waals surface area contributed by atoms with Gasteiger partial charge in [0.1, 0.15) is 0 Å². The molecule has 1 aromatic heterocycles. The van der Waals surface area contributed by atoms with Gasteiger partial charge in [-0.1, -0.05) is 30.3 Å². The SMILES string of the molecule is Cc1nn(C)c(C)c1NC(=O)CN1CCN(S(=O)(=O)Cc2ccccc2)CC1. The van der Waals surface area contributed by atoms with Crippen molar-refractivity contribution in [2.45, 2.75) is 19.6 Å². The van der Waals surface area contributed by atoms with Crippen molar-refractivity contribution >= 4 is 21.6 Å². The Morgan fingerprint density at radius 1 is 1.11 bits per heavy atom. The van der Waals surface area contributed by atoms with Gasteiger partial charge in [0.25, 0.3) is 0 Å². The number of aryl methyl sites for hydroxylation is 2. The van der Waals surface area contributed by atoms with E-state index in [4.69, 9.17) is 0 Å². The van der Waals surface area contributed by atoms with E-state index in [1.165, 1.54) is 4.31 Å². The summed E-state index contributed by atoms with van der Waals surface area (Å²) in [7, 11) is -1.51. The van der Waals surface area contributed by atoms with Gasteiger partial charge in [-0.25, -0.2) is 8.42 Å². The van der Waals surface area contributed by atoms with Crippen LogP contribution in [0.1, 0.15) is 17.0 Å². The van der Waals surface area contributed by atoms with Crippen molar-refractivity contribution in [3.05, 3.63) is 47.3 Å². The smallest absolute Gasteiger partial charge is 0.238 e. The van der Waals surface area contributed by atoms with Gasteiger partial charge in [0.05, 0.1) is 29.4 Å². The maximum Gasteiger partial charge on any atom is 0.238 e. The maximum atomic E-state index is 12.6. The van der Waals surface area contributed by atoms with Gasteiger partial charge in [-0.2, -0.15) is 9.40 Å². The fourth-order valence-corrected chi connectivity index (χ4v) is 4.89. The lowest BCUT2D eigenvalue weighted by Crippen LogP contribution is -2.50. The first-order valence-corrected chi connectivity index (χ1v) is 10.9. The normalized spacial score (nSPS) is 16.2. The van der Waals surface area contributed by atoms with E-state index in [1.807, 2.05) is 56.1 Å². The van der Waals surface area contributed by atoms with Crippen LogP contribution in [-0.2, 0) is 27.6 Å². The topological polar surface area (TPSA) is 87.5 Å². The molecular formula is C19H27N5O3S. The van der Waals surface area contributed by atoms with Gasteiger partial charge in [0.2, 0.25) is 15.9 Å². The van der Waals surface area contributed by atoms with Crippen LogP contribution >= 0.6 is 0 Å². The third-order valence-corrected chi connectivity index (χ3v) is 6.91. The molecule has 9 heteroatoms. The van der Waals surface area contributed by atoms with Crippen LogP contribution in [0.4, 0.5) is 5.69 Å². The molecule has 28 heavy (non-hydrogen) atoms. The first-order valence-electron chi connectivity index (χ1n) is 9.30. The van der Waals surface area contributed by atoms with Crippen molar-refractivity contribution < 1.29 is 13.2 Å². The molecule has 1 fully saturated rings. The Morgan fingerprint density at radius 2 is 1.75 bits per heavy atom. The number of aromatic nitrogens is 2. The second-order valence-electron chi connectivity index (χ2n) is 7.13. The molecule has 0 saturated carbocycles. The van der Waals surface area contributed by atoms with Crippen LogP contribution in [0.15, 0.2) is 30.3 Å². The summed E-state index contributed by atoms with van der Waals surface area (Å²) in [6.45, 7) is 5.87. The molecule has 0 bridgehead atoms. The van der Waals surface area contributed by atoms with Crippen molar-refractivity contribution in [1.29, 1.82) is 0 Å². The minimum absolute atomic E-state index is 0.00782. The number of benzene rings is 1. The second kappa shape index (κ2) is 8.42. The molecule has 3 rings (SSSR count). The number of carbonyl (C=O) groups excluding carboxylic acids is 1. The average molecular weight is 406 g/mol. The molecule has 2 aromatic rings. The van der Waals surface area contributed by atoms with Crippen LogP contribution < -0.4 is 5.32 Å². The largest absolute Gasteiger partial charge is 0.322 e.